The molecule has 1 unspecified atom stereocenters. The van der Waals surface area contributed by atoms with Gasteiger partial charge in [0.25, 0.3) is 0 Å². The first kappa shape index (κ1) is 22.5. The van der Waals surface area contributed by atoms with Gasteiger partial charge in [-0.2, -0.15) is 18.3 Å². The number of aryl methyl sites for hydroxylation is 1. The molecule has 0 radical (unpaired) electrons. The van der Waals surface area contributed by atoms with Crippen molar-refractivity contribution in [2.75, 3.05) is 19.7 Å². The number of ether oxygens (including phenoxy) is 1. The van der Waals surface area contributed by atoms with Crippen molar-refractivity contribution in [3.05, 3.63) is 47.8 Å². The summed E-state index contributed by atoms with van der Waals surface area (Å²) < 4.78 is 42.9. The van der Waals surface area contributed by atoms with E-state index in [9.17, 15) is 18.3 Å². The van der Waals surface area contributed by atoms with Crippen LogP contribution in [-0.2, 0) is 19.2 Å². The van der Waals surface area contributed by atoms with E-state index in [1.807, 2.05) is 6.92 Å². The zero-order valence-corrected chi connectivity index (χ0v) is 16.6. The topological polar surface area (TPSA) is 83.7 Å². The highest BCUT2D eigenvalue weighted by Crippen LogP contribution is 2.20. The number of alkyl halides is 3. The number of hydrogen-bond acceptors (Lipinski definition) is 4. The number of halogens is 3. The average Bonchev–Trinajstić information content (AvgIpc) is 3.10. The lowest BCUT2D eigenvalue weighted by Crippen LogP contribution is -2.44. The molecule has 1 aromatic heterocycles. The van der Waals surface area contributed by atoms with E-state index in [-0.39, 0.29) is 12.3 Å². The van der Waals surface area contributed by atoms with E-state index >= 15 is 0 Å². The maximum absolute atomic E-state index is 12.2. The standard InChI is InChI=1S/C19H26F3N5O2/c1-4-23-17(25-12-18(2,28)15-10-26-27(3)11-15)24-9-14-5-7-16(8-6-14)29-13-19(20,21)22/h5-8,10-11,28H,4,9,12-13H2,1-3H3,(H2,23,24,25). The molecule has 0 amide bonds. The highest BCUT2D eigenvalue weighted by atomic mass is 19.4. The minimum atomic E-state index is -4.37. The lowest BCUT2D eigenvalue weighted by Gasteiger charge is -2.23. The number of nitrogens with one attached hydrogen (secondary N) is 2. The van der Waals surface area contributed by atoms with Gasteiger partial charge in [-0.1, -0.05) is 12.1 Å². The van der Waals surface area contributed by atoms with Gasteiger partial charge in [-0.05, 0) is 31.5 Å². The molecular weight excluding hydrogens is 387 g/mol. The third-order valence-corrected chi connectivity index (χ3v) is 4.02. The third kappa shape index (κ3) is 7.65. The molecule has 7 nitrogen and oxygen atoms in total. The van der Waals surface area contributed by atoms with Crippen LogP contribution in [0, 0.1) is 0 Å². The Labute approximate surface area is 167 Å². The number of benzene rings is 1. The Bertz CT molecular complexity index is 801. The second-order valence-electron chi connectivity index (χ2n) is 6.77. The normalized spacial score (nSPS) is 14.4. The van der Waals surface area contributed by atoms with Crippen LogP contribution in [0.5, 0.6) is 5.75 Å². The average molecular weight is 413 g/mol. The van der Waals surface area contributed by atoms with Gasteiger partial charge in [0.1, 0.15) is 11.4 Å². The lowest BCUT2D eigenvalue weighted by molar-refractivity contribution is -0.153. The summed E-state index contributed by atoms with van der Waals surface area (Å²) in [5.74, 6) is 0.654. The van der Waals surface area contributed by atoms with E-state index < -0.39 is 18.4 Å². The SMILES string of the molecule is CCNC(=NCc1ccc(OCC(F)(F)F)cc1)NCC(C)(O)c1cnn(C)c1. The van der Waals surface area contributed by atoms with Crippen LogP contribution in [-0.4, -0.2) is 46.7 Å². The van der Waals surface area contributed by atoms with Gasteiger partial charge in [-0.15, -0.1) is 0 Å². The van der Waals surface area contributed by atoms with E-state index in [2.05, 4.69) is 25.5 Å². The Morgan fingerprint density at radius 2 is 1.93 bits per heavy atom. The van der Waals surface area contributed by atoms with Gasteiger partial charge in [0.2, 0.25) is 0 Å². The monoisotopic (exact) mass is 413 g/mol. The maximum atomic E-state index is 12.2. The van der Waals surface area contributed by atoms with Crippen molar-refractivity contribution < 1.29 is 23.0 Å². The summed E-state index contributed by atoms with van der Waals surface area (Å²) >= 11 is 0. The smallest absolute Gasteiger partial charge is 0.422 e. The lowest BCUT2D eigenvalue weighted by atomic mass is 10.00. The van der Waals surface area contributed by atoms with Gasteiger partial charge in [0, 0.05) is 25.4 Å². The number of aromatic nitrogens is 2. The Kier molecular flexibility index (Phi) is 7.49. The van der Waals surface area contributed by atoms with Crippen molar-refractivity contribution in [1.29, 1.82) is 0 Å². The molecule has 3 N–H and O–H groups in total. The van der Waals surface area contributed by atoms with Crippen molar-refractivity contribution >= 4 is 5.96 Å². The number of aliphatic hydroxyl groups is 1. The number of rotatable bonds is 8. The van der Waals surface area contributed by atoms with Crippen LogP contribution in [0.25, 0.3) is 0 Å². The van der Waals surface area contributed by atoms with E-state index in [1.165, 1.54) is 12.1 Å². The Balaban J connectivity index is 1.94. The molecular formula is C19H26F3N5O2. The van der Waals surface area contributed by atoms with Crippen LogP contribution in [0.15, 0.2) is 41.7 Å². The Morgan fingerprint density at radius 1 is 1.24 bits per heavy atom. The summed E-state index contributed by atoms with van der Waals surface area (Å²) in [5.41, 5.74) is 0.348. The quantitative estimate of drug-likeness (QED) is 0.457. The summed E-state index contributed by atoms with van der Waals surface area (Å²) in [5, 5.41) is 20.9. The summed E-state index contributed by atoms with van der Waals surface area (Å²) in [7, 11) is 1.78. The van der Waals surface area contributed by atoms with Crippen LogP contribution in [0.3, 0.4) is 0 Å². The van der Waals surface area contributed by atoms with Crippen LogP contribution >= 0.6 is 0 Å². The minimum Gasteiger partial charge on any atom is -0.484 e. The number of hydrogen-bond donors (Lipinski definition) is 3. The third-order valence-electron chi connectivity index (χ3n) is 4.02. The van der Waals surface area contributed by atoms with E-state index in [0.29, 0.717) is 24.6 Å². The molecule has 0 fully saturated rings. The minimum absolute atomic E-state index is 0.146. The first-order chi connectivity index (χ1) is 13.6. The largest absolute Gasteiger partial charge is 0.484 e. The molecule has 2 aromatic rings. The van der Waals surface area contributed by atoms with Gasteiger partial charge < -0.3 is 20.5 Å². The molecule has 0 spiro atoms. The fourth-order valence-corrected chi connectivity index (χ4v) is 2.43. The zero-order chi connectivity index (χ0) is 21.5. The molecule has 0 aliphatic carbocycles. The van der Waals surface area contributed by atoms with Gasteiger partial charge in [-0.25, -0.2) is 4.99 Å². The fourth-order valence-electron chi connectivity index (χ4n) is 2.43. The van der Waals surface area contributed by atoms with Gasteiger partial charge in [-0.3, -0.25) is 4.68 Å². The van der Waals surface area contributed by atoms with Crippen molar-refractivity contribution in [3.63, 3.8) is 0 Å². The van der Waals surface area contributed by atoms with Crippen LogP contribution in [0.2, 0.25) is 0 Å². The molecule has 160 valence electrons. The number of guanidine groups is 1. The highest BCUT2D eigenvalue weighted by molar-refractivity contribution is 5.79. The maximum Gasteiger partial charge on any atom is 0.422 e. The van der Waals surface area contributed by atoms with Crippen molar-refractivity contribution in [2.24, 2.45) is 12.0 Å². The van der Waals surface area contributed by atoms with Crippen molar-refractivity contribution in [1.82, 2.24) is 20.4 Å². The predicted octanol–water partition coefficient (Wildman–Crippen LogP) is 2.32. The first-order valence-electron chi connectivity index (χ1n) is 9.11. The summed E-state index contributed by atoms with van der Waals surface area (Å²) in [6, 6.07) is 6.27. The molecule has 1 atom stereocenters. The van der Waals surface area contributed by atoms with Gasteiger partial charge >= 0.3 is 6.18 Å². The molecule has 0 saturated heterocycles. The van der Waals surface area contributed by atoms with E-state index in [0.717, 1.165) is 5.56 Å². The zero-order valence-electron chi connectivity index (χ0n) is 16.6. The van der Waals surface area contributed by atoms with Crippen LogP contribution < -0.4 is 15.4 Å². The molecule has 0 saturated carbocycles. The molecule has 10 heteroatoms. The first-order valence-corrected chi connectivity index (χ1v) is 9.11. The molecule has 1 heterocycles. The van der Waals surface area contributed by atoms with Gasteiger partial charge in [0.15, 0.2) is 12.6 Å². The molecule has 0 aliphatic rings. The van der Waals surface area contributed by atoms with Crippen molar-refractivity contribution in [3.8, 4) is 5.75 Å². The number of aliphatic imine (C=N–C) groups is 1. The Hall–Kier alpha value is -2.75. The summed E-state index contributed by atoms with van der Waals surface area (Å²) in [6.45, 7) is 3.43. The van der Waals surface area contributed by atoms with Crippen molar-refractivity contribution in [2.45, 2.75) is 32.2 Å². The number of nitrogens with zero attached hydrogens (tertiary/aromatic N) is 3. The van der Waals surface area contributed by atoms with E-state index in [1.54, 1.807) is 43.2 Å². The predicted molar refractivity (Wildman–Crippen MR) is 104 cm³/mol. The Morgan fingerprint density at radius 3 is 2.48 bits per heavy atom. The molecule has 0 bridgehead atoms. The van der Waals surface area contributed by atoms with Crippen LogP contribution in [0.4, 0.5) is 13.2 Å². The second-order valence-corrected chi connectivity index (χ2v) is 6.77. The van der Waals surface area contributed by atoms with E-state index in [4.69, 9.17) is 0 Å². The van der Waals surface area contributed by atoms with Gasteiger partial charge in [0.05, 0.1) is 19.3 Å². The summed E-state index contributed by atoms with van der Waals surface area (Å²) in [6.07, 6.45) is -1.02. The highest BCUT2D eigenvalue weighted by Gasteiger charge is 2.28. The molecule has 1 aromatic carbocycles. The molecule has 0 aliphatic heterocycles. The fraction of sp³-hybridized carbons (Fsp3) is 0.474. The van der Waals surface area contributed by atoms with Crippen LogP contribution in [0.1, 0.15) is 25.0 Å². The molecule has 29 heavy (non-hydrogen) atoms. The second kappa shape index (κ2) is 9.64. The summed E-state index contributed by atoms with van der Waals surface area (Å²) in [4.78, 5) is 4.44. The molecule has 2 rings (SSSR count).